The minimum atomic E-state index is -0.109. The fraction of sp³-hybridized carbons (Fsp3) is 0.294. The van der Waals surface area contributed by atoms with E-state index in [-0.39, 0.29) is 11.9 Å². The number of benzene rings is 2. The van der Waals surface area contributed by atoms with Crippen LogP contribution in [0.25, 0.3) is 10.8 Å². The Bertz CT molecular complexity index is 663. The summed E-state index contributed by atoms with van der Waals surface area (Å²) in [5.74, 6) is -0.109. The van der Waals surface area contributed by atoms with E-state index in [2.05, 4.69) is 0 Å². The van der Waals surface area contributed by atoms with Crippen molar-refractivity contribution in [2.75, 3.05) is 13.2 Å². The van der Waals surface area contributed by atoms with Crippen molar-refractivity contribution in [3.05, 3.63) is 48.0 Å². The molecule has 0 spiro atoms. The van der Waals surface area contributed by atoms with Crippen LogP contribution in [0.15, 0.2) is 42.5 Å². The van der Waals surface area contributed by atoms with Gasteiger partial charge in [0.2, 0.25) is 0 Å². The molecule has 1 aliphatic rings. The van der Waals surface area contributed by atoms with E-state index in [4.69, 9.17) is 10.1 Å². The van der Waals surface area contributed by atoms with Crippen LogP contribution in [-0.2, 0) is 4.74 Å². The lowest BCUT2D eigenvalue weighted by Gasteiger charge is -2.30. The summed E-state index contributed by atoms with van der Waals surface area (Å²) in [6.45, 7) is 1.31. The third-order valence-corrected chi connectivity index (χ3v) is 3.95. The Morgan fingerprint density at radius 3 is 2.57 bits per heavy atom. The third-order valence-electron chi connectivity index (χ3n) is 3.95. The Hall–Kier alpha value is -2.20. The average Bonchev–Trinajstić information content (AvgIpc) is 2.56. The van der Waals surface area contributed by atoms with Gasteiger partial charge in [0, 0.05) is 24.8 Å². The van der Waals surface area contributed by atoms with Crippen LogP contribution < -0.4 is 0 Å². The maximum Gasteiger partial charge on any atom is 0.259 e. The lowest BCUT2D eigenvalue weighted by atomic mass is 10.0. The van der Waals surface area contributed by atoms with Gasteiger partial charge in [0.05, 0.1) is 6.34 Å². The molecule has 108 valence electrons. The molecule has 0 aromatic heterocycles. The van der Waals surface area contributed by atoms with E-state index >= 15 is 0 Å². The number of carbonyl (C=O) groups is 1. The quantitative estimate of drug-likeness (QED) is 0.695. The smallest absolute Gasteiger partial charge is 0.259 e. The summed E-state index contributed by atoms with van der Waals surface area (Å²) in [4.78, 5) is 14.2. The van der Waals surface area contributed by atoms with Gasteiger partial charge in [-0.2, -0.15) is 0 Å². The summed E-state index contributed by atoms with van der Waals surface area (Å²) in [7, 11) is 0. The van der Waals surface area contributed by atoms with Gasteiger partial charge >= 0.3 is 0 Å². The summed E-state index contributed by atoms with van der Waals surface area (Å²) in [5, 5.41) is 9.73. The maximum absolute atomic E-state index is 12.7. The largest absolute Gasteiger partial charge is 0.381 e. The number of carbonyl (C=O) groups excluding carboxylic acids is 1. The van der Waals surface area contributed by atoms with E-state index in [1.807, 2.05) is 42.5 Å². The molecular weight excluding hydrogens is 264 g/mol. The van der Waals surface area contributed by atoms with Crippen LogP contribution in [0.2, 0.25) is 0 Å². The number of nitrogens with zero attached hydrogens (tertiary/aromatic N) is 1. The van der Waals surface area contributed by atoms with Crippen molar-refractivity contribution in [2.45, 2.75) is 18.9 Å². The van der Waals surface area contributed by atoms with Gasteiger partial charge in [-0.15, -0.1) is 0 Å². The van der Waals surface area contributed by atoms with Crippen molar-refractivity contribution in [3.63, 3.8) is 0 Å². The first-order chi connectivity index (χ1) is 10.3. The Morgan fingerprint density at radius 1 is 1.14 bits per heavy atom. The first-order valence-corrected chi connectivity index (χ1v) is 7.19. The van der Waals surface area contributed by atoms with Crippen molar-refractivity contribution >= 4 is 23.0 Å². The van der Waals surface area contributed by atoms with Gasteiger partial charge in [0.1, 0.15) is 0 Å². The van der Waals surface area contributed by atoms with E-state index < -0.39 is 0 Å². The summed E-state index contributed by atoms with van der Waals surface area (Å²) in [5.41, 5.74) is 0.628. The van der Waals surface area contributed by atoms with Crippen LogP contribution in [0.1, 0.15) is 23.2 Å². The third kappa shape index (κ3) is 2.81. The van der Waals surface area contributed by atoms with E-state index in [9.17, 15) is 4.79 Å². The van der Waals surface area contributed by atoms with E-state index in [0.717, 1.165) is 30.0 Å². The summed E-state index contributed by atoms with van der Waals surface area (Å²) in [6, 6.07) is 13.7. The zero-order chi connectivity index (χ0) is 14.7. The molecule has 0 aliphatic carbocycles. The van der Waals surface area contributed by atoms with Crippen LogP contribution in [0.4, 0.5) is 0 Å². The zero-order valence-electron chi connectivity index (χ0n) is 11.8. The van der Waals surface area contributed by atoms with E-state index in [0.29, 0.717) is 18.8 Å². The second-order valence-electron chi connectivity index (χ2n) is 5.25. The van der Waals surface area contributed by atoms with Gasteiger partial charge in [-0.05, 0) is 35.7 Å². The predicted molar refractivity (Wildman–Crippen MR) is 82.7 cm³/mol. The zero-order valence-corrected chi connectivity index (χ0v) is 11.8. The first kappa shape index (κ1) is 13.8. The van der Waals surface area contributed by atoms with Crippen LogP contribution in [0.5, 0.6) is 0 Å². The number of hydrogen-bond donors (Lipinski definition) is 1. The lowest BCUT2D eigenvalue weighted by molar-refractivity contribution is 0.0475. The number of hydrogen-bond acceptors (Lipinski definition) is 3. The number of nitrogens with one attached hydrogen (secondary N) is 1. The Balaban J connectivity index is 1.88. The molecule has 0 unspecified atom stereocenters. The van der Waals surface area contributed by atoms with Gasteiger partial charge < -0.3 is 4.74 Å². The molecule has 1 N–H and O–H groups in total. The van der Waals surface area contributed by atoms with E-state index in [1.54, 1.807) is 0 Å². The number of rotatable bonds is 3. The predicted octanol–water partition coefficient (Wildman–Crippen LogP) is 3.07. The highest BCUT2D eigenvalue weighted by Gasteiger charge is 2.25. The first-order valence-electron chi connectivity index (χ1n) is 7.19. The highest BCUT2D eigenvalue weighted by atomic mass is 16.5. The highest BCUT2D eigenvalue weighted by Crippen LogP contribution is 2.20. The van der Waals surface area contributed by atoms with Crippen LogP contribution in [0.3, 0.4) is 0 Å². The van der Waals surface area contributed by atoms with E-state index in [1.165, 1.54) is 4.90 Å². The van der Waals surface area contributed by atoms with Crippen molar-refractivity contribution < 1.29 is 9.53 Å². The lowest BCUT2D eigenvalue weighted by Crippen LogP contribution is -2.42. The summed E-state index contributed by atoms with van der Waals surface area (Å²) < 4.78 is 5.32. The molecule has 1 fully saturated rings. The number of fused-ring (bicyclic) bond motifs is 1. The average molecular weight is 282 g/mol. The van der Waals surface area contributed by atoms with Gasteiger partial charge in [-0.1, -0.05) is 30.3 Å². The van der Waals surface area contributed by atoms with Crippen molar-refractivity contribution in [1.29, 1.82) is 5.41 Å². The minimum Gasteiger partial charge on any atom is -0.381 e. The molecule has 0 radical (unpaired) electrons. The number of ether oxygens (including phenoxy) is 1. The second kappa shape index (κ2) is 6.06. The standard InChI is InChI=1S/C17H18N2O2/c18-12-19(16-7-9-21-10-8-16)17(20)15-6-5-13-3-1-2-4-14(13)11-15/h1-6,11-12,16,18H,7-10H2. The molecule has 4 heteroatoms. The molecule has 2 aromatic carbocycles. The van der Waals surface area contributed by atoms with Crippen molar-refractivity contribution in [2.24, 2.45) is 0 Å². The van der Waals surface area contributed by atoms with Crippen molar-refractivity contribution in [1.82, 2.24) is 4.90 Å². The van der Waals surface area contributed by atoms with Crippen LogP contribution in [0, 0.1) is 5.41 Å². The topological polar surface area (TPSA) is 53.4 Å². The normalized spacial score (nSPS) is 15.8. The SMILES string of the molecule is N=CN(C(=O)c1ccc2ccccc2c1)C1CCOCC1. The minimum absolute atomic E-state index is 0.0650. The van der Waals surface area contributed by atoms with Gasteiger partial charge in [0.25, 0.3) is 5.91 Å². The number of amides is 1. The molecule has 1 amide bonds. The second-order valence-corrected chi connectivity index (χ2v) is 5.25. The molecule has 4 nitrogen and oxygen atoms in total. The fourth-order valence-corrected chi connectivity index (χ4v) is 2.76. The summed E-state index contributed by atoms with van der Waals surface area (Å²) >= 11 is 0. The maximum atomic E-state index is 12.7. The Morgan fingerprint density at radius 2 is 1.86 bits per heavy atom. The highest BCUT2D eigenvalue weighted by molar-refractivity contribution is 6.03. The molecule has 1 aliphatic heterocycles. The van der Waals surface area contributed by atoms with Gasteiger partial charge in [-0.3, -0.25) is 15.1 Å². The van der Waals surface area contributed by atoms with Crippen LogP contribution in [-0.4, -0.2) is 36.4 Å². The molecule has 3 rings (SSSR count). The fourth-order valence-electron chi connectivity index (χ4n) is 2.76. The van der Waals surface area contributed by atoms with Crippen LogP contribution >= 0.6 is 0 Å². The van der Waals surface area contributed by atoms with Crippen molar-refractivity contribution in [3.8, 4) is 0 Å². The Labute approximate surface area is 123 Å². The molecule has 2 aromatic rings. The molecule has 0 saturated carbocycles. The molecule has 0 atom stereocenters. The molecule has 0 bridgehead atoms. The monoisotopic (exact) mass is 282 g/mol. The Kier molecular flexibility index (Phi) is 3.97. The molecule has 1 heterocycles. The summed E-state index contributed by atoms with van der Waals surface area (Å²) in [6.07, 6.45) is 2.72. The molecule has 21 heavy (non-hydrogen) atoms. The van der Waals surface area contributed by atoms with Gasteiger partial charge in [0.15, 0.2) is 0 Å². The molecular formula is C17H18N2O2. The molecule has 1 saturated heterocycles. The van der Waals surface area contributed by atoms with Gasteiger partial charge in [-0.25, -0.2) is 0 Å².